The summed E-state index contributed by atoms with van der Waals surface area (Å²) in [5, 5.41) is 11.8. The first-order valence-corrected chi connectivity index (χ1v) is 15.5. The zero-order valence-corrected chi connectivity index (χ0v) is 25.2. The third kappa shape index (κ3) is 5.11. The second-order valence-electron chi connectivity index (χ2n) is 13.0. The number of hydrogen-bond donors (Lipinski definition) is 1. The van der Waals surface area contributed by atoms with E-state index in [0.29, 0.717) is 25.2 Å². The fourth-order valence-corrected chi connectivity index (χ4v) is 8.22. The summed E-state index contributed by atoms with van der Waals surface area (Å²) >= 11 is 0. The van der Waals surface area contributed by atoms with Crippen LogP contribution in [0, 0.1) is 22.7 Å². The minimum atomic E-state index is -0.854. The Balaban J connectivity index is 1.40. The molecule has 4 heteroatoms. The molecule has 2 fully saturated rings. The molecule has 0 aromatic heterocycles. The molecule has 1 aliphatic heterocycles. The number of fused-ring (bicyclic) bond motifs is 1. The van der Waals surface area contributed by atoms with Gasteiger partial charge in [0.05, 0.1) is 18.3 Å². The van der Waals surface area contributed by atoms with E-state index in [-0.39, 0.29) is 23.2 Å². The Morgan fingerprint density at radius 3 is 2.00 bits per heavy atom. The molecule has 1 heterocycles. The van der Waals surface area contributed by atoms with Crippen molar-refractivity contribution < 1.29 is 19.4 Å². The van der Waals surface area contributed by atoms with Crippen molar-refractivity contribution in [3.63, 3.8) is 0 Å². The molecule has 0 radical (unpaired) electrons. The van der Waals surface area contributed by atoms with Crippen LogP contribution in [0.4, 0.5) is 0 Å². The van der Waals surface area contributed by atoms with Crippen molar-refractivity contribution >= 4 is 5.97 Å². The monoisotopic (exact) mass is 574 g/mol. The van der Waals surface area contributed by atoms with E-state index in [2.05, 4.69) is 99.3 Å². The average molecular weight is 575 g/mol. The van der Waals surface area contributed by atoms with E-state index in [9.17, 15) is 9.90 Å². The van der Waals surface area contributed by atoms with Gasteiger partial charge in [0, 0.05) is 11.3 Å². The topological polar surface area (TPSA) is 55.8 Å². The van der Waals surface area contributed by atoms with Gasteiger partial charge >= 0.3 is 5.97 Å². The minimum Gasteiger partial charge on any atom is -0.458 e. The van der Waals surface area contributed by atoms with Crippen molar-refractivity contribution in [2.24, 2.45) is 22.7 Å². The Labute approximate surface area is 255 Å². The Morgan fingerprint density at radius 1 is 0.930 bits per heavy atom. The molecular weight excluding hydrogens is 532 g/mol. The van der Waals surface area contributed by atoms with Gasteiger partial charge in [-0.05, 0) is 59.8 Å². The summed E-state index contributed by atoms with van der Waals surface area (Å²) in [6.45, 7) is 9.77. The Morgan fingerprint density at radius 2 is 1.49 bits per heavy atom. The fraction of sp³-hybridized carbons (Fsp3) is 0.359. The third-order valence-corrected chi connectivity index (χ3v) is 10.6. The molecule has 3 aromatic rings. The van der Waals surface area contributed by atoms with Crippen LogP contribution in [0.25, 0.3) is 0 Å². The molecule has 6 rings (SSSR count). The van der Waals surface area contributed by atoms with Crippen LogP contribution in [0.15, 0.2) is 127 Å². The largest absolute Gasteiger partial charge is 0.458 e. The van der Waals surface area contributed by atoms with Gasteiger partial charge in [0.15, 0.2) is 0 Å². The van der Waals surface area contributed by atoms with Crippen LogP contribution in [0.1, 0.15) is 56.2 Å². The van der Waals surface area contributed by atoms with Gasteiger partial charge in [0.2, 0.25) is 0 Å². The molecule has 43 heavy (non-hydrogen) atoms. The van der Waals surface area contributed by atoms with Crippen LogP contribution in [-0.4, -0.2) is 30.4 Å². The molecule has 2 saturated carbocycles. The van der Waals surface area contributed by atoms with Crippen molar-refractivity contribution in [3.05, 3.63) is 144 Å². The van der Waals surface area contributed by atoms with Gasteiger partial charge in [-0.15, -0.1) is 0 Å². The van der Waals surface area contributed by atoms with Crippen molar-refractivity contribution in [1.82, 2.24) is 0 Å². The normalized spacial score (nSPS) is 29.3. The van der Waals surface area contributed by atoms with Gasteiger partial charge in [0.1, 0.15) is 12.2 Å². The molecule has 0 amide bonds. The summed E-state index contributed by atoms with van der Waals surface area (Å²) in [5.74, 6) is 0.0127. The SMILES string of the molecule is C=C1CC[C@@H]2[C@](C)(COC(c3ccccc3)(c3ccccc3)c3ccccc3)[C@H](O)CC[C@@]2(C)[C@@H]1/C=C/C1=CCOC1=O. The Bertz CT molecular complexity index is 1410. The quantitative estimate of drug-likeness (QED) is 0.170. The maximum Gasteiger partial charge on any atom is 0.338 e. The smallest absolute Gasteiger partial charge is 0.338 e. The summed E-state index contributed by atoms with van der Waals surface area (Å²) in [6.07, 6.45) is 8.80. The first-order chi connectivity index (χ1) is 20.8. The predicted molar refractivity (Wildman–Crippen MR) is 170 cm³/mol. The fourth-order valence-electron chi connectivity index (χ4n) is 8.22. The number of rotatable bonds is 8. The number of esters is 1. The number of aliphatic hydroxyl groups excluding tert-OH is 1. The number of allylic oxidation sites excluding steroid dienone is 2. The van der Waals surface area contributed by atoms with Gasteiger partial charge < -0.3 is 14.6 Å². The summed E-state index contributed by atoms with van der Waals surface area (Å²) < 4.78 is 12.5. The molecule has 4 nitrogen and oxygen atoms in total. The number of benzene rings is 3. The van der Waals surface area contributed by atoms with E-state index in [1.807, 2.05) is 30.4 Å². The highest BCUT2D eigenvalue weighted by molar-refractivity contribution is 5.93. The van der Waals surface area contributed by atoms with Gasteiger partial charge in [-0.3, -0.25) is 0 Å². The van der Waals surface area contributed by atoms with E-state index < -0.39 is 17.1 Å². The molecule has 1 N–H and O–H groups in total. The van der Waals surface area contributed by atoms with Gasteiger partial charge in [-0.1, -0.05) is 129 Å². The molecule has 0 unspecified atom stereocenters. The average Bonchev–Trinajstić information content (AvgIpc) is 3.45. The molecule has 0 spiro atoms. The van der Waals surface area contributed by atoms with E-state index in [1.165, 1.54) is 5.57 Å². The van der Waals surface area contributed by atoms with E-state index in [0.717, 1.165) is 36.0 Å². The molecule has 222 valence electrons. The number of cyclic esters (lactones) is 1. The molecule has 5 atom stereocenters. The van der Waals surface area contributed by atoms with E-state index in [1.54, 1.807) is 0 Å². The van der Waals surface area contributed by atoms with Crippen molar-refractivity contribution in [3.8, 4) is 0 Å². The standard InChI is InChI=1S/C39H42O4/c1-28-19-22-34-37(2,33(28)21-20-29-24-26-42-36(29)41)25-23-35(40)38(34,3)27-43-39(30-13-7-4-8-14-30,31-15-9-5-10-16-31)32-17-11-6-12-18-32/h4-18,20-21,24,33-35,40H,1,19,22-23,25-27H2,2-3H3/b21-20+/t33-,34+,35-,37+,38+/m1/s1. The first-order valence-electron chi connectivity index (χ1n) is 15.5. The lowest BCUT2D eigenvalue weighted by molar-refractivity contribution is -0.172. The summed E-state index contributed by atoms with van der Waals surface area (Å²) in [6, 6.07) is 31.3. The lowest BCUT2D eigenvalue weighted by Gasteiger charge is -2.60. The second kappa shape index (κ2) is 11.7. The minimum absolute atomic E-state index is 0.0921. The van der Waals surface area contributed by atoms with Crippen LogP contribution in [-0.2, 0) is 19.9 Å². The van der Waals surface area contributed by atoms with Crippen LogP contribution >= 0.6 is 0 Å². The summed E-state index contributed by atoms with van der Waals surface area (Å²) in [7, 11) is 0. The first kappa shape index (κ1) is 29.3. The summed E-state index contributed by atoms with van der Waals surface area (Å²) in [5.41, 5.74) is 3.46. The molecule has 0 saturated heterocycles. The number of ether oxygens (including phenoxy) is 2. The van der Waals surface area contributed by atoms with Crippen LogP contribution < -0.4 is 0 Å². The Kier molecular flexibility index (Phi) is 8.02. The van der Waals surface area contributed by atoms with Crippen molar-refractivity contribution in [1.29, 1.82) is 0 Å². The van der Waals surface area contributed by atoms with Crippen LogP contribution in [0.5, 0.6) is 0 Å². The zero-order chi connectivity index (χ0) is 30.1. The van der Waals surface area contributed by atoms with Gasteiger partial charge in [0.25, 0.3) is 0 Å². The van der Waals surface area contributed by atoms with E-state index >= 15 is 0 Å². The van der Waals surface area contributed by atoms with E-state index in [4.69, 9.17) is 9.47 Å². The van der Waals surface area contributed by atoms with Gasteiger partial charge in [-0.25, -0.2) is 4.79 Å². The highest BCUT2D eigenvalue weighted by Crippen LogP contribution is 2.62. The molecule has 3 aromatic carbocycles. The van der Waals surface area contributed by atoms with Crippen LogP contribution in [0.2, 0.25) is 0 Å². The molecular formula is C39H42O4. The third-order valence-electron chi connectivity index (χ3n) is 10.6. The number of aliphatic hydroxyl groups is 1. The van der Waals surface area contributed by atoms with Crippen molar-refractivity contribution in [2.75, 3.05) is 13.2 Å². The van der Waals surface area contributed by atoms with Crippen LogP contribution in [0.3, 0.4) is 0 Å². The zero-order valence-electron chi connectivity index (χ0n) is 25.2. The number of carbonyl (C=O) groups is 1. The van der Waals surface area contributed by atoms with Gasteiger partial charge in [-0.2, -0.15) is 0 Å². The second-order valence-corrected chi connectivity index (χ2v) is 13.0. The molecule has 2 aliphatic carbocycles. The lowest BCUT2D eigenvalue weighted by atomic mass is 9.46. The predicted octanol–water partition coefficient (Wildman–Crippen LogP) is 7.78. The Hall–Kier alpha value is -3.73. The highest BCUT2D eigenvalue weighted by atomic mass is 16.5. The van der Waals surface area contributed by atoms with Crippen molar-refractivity contribution in [2.45, 2.75) is 51.2 Å². The molecule has 0 bridgehead atoms. The number of carbonyl (C=O) groups excluding carboxylic acids is 1. The highest BCUT2D eigenvalue weighted by Gasteiger charge is 2.58. The number of hydrogen-bond acceptors (Lipinski definition) is 4. The maximum atomic E-state index is 12.2. The maximum absolute atomic E-state index is 12.2. The molecule has 3 aliphatic rings. The summed E-state index contributed by atoms with van der Waals surface area (Å²) in [4.78, 5) is 12.2. The lowest BCUT2D eigenvalue weighted by Crippen LogP contribution is -2.58.